The van der Waals surface area contributed by atoms with Crippen molar-refractivity contribution in [1.29, 1.82) is 0 Å². The number of ketones is 1. The highest BCUT2D eigenvalue weighted by atomic mass is 31.1. The molecule has 0 saturated carbocycles. The molecule has 0 radical (unpaired) electrons. The van der Waals surface area contributed by atoms with Crippen molar-refractivity contribution in [3.63, 3.8) is 0 Å². The first-order valence-electron chi connectivity index (χ1n) is 3.88. The van der Waals surface area contributed by atoms with E-state index < -0.39 is 0 Å². The zero-order chi connectivity index (χ0) is 8.85. The first kappa shape index (κ1) is 10.8. The van der Waals surface area contributed by atoms with Gasteiger partial charge in [0.05, 0.1) is 5.42 Å². The molecule has 0 N–H and O–H groups in total. The summed E-state index contributed by atoms with van der Waals surface area (Å²) in [4.78, 5) is 13.3. The third kappa shape index (κ3) is 3.13. The number of rotatable bonds is 4. The van der Waals surface area contributed by atoms with Crippen molar-refractivity contribution in [2.45, 2.75) is 20.3 Å². The second-order valence-electron chi connectivity index (χ2n) is 2.34. The fourth-order valence-electron chi connectivity index (χ4n) is 0.816. The standard InChI is InChI=1S/C8H16NOP/c1-5-7(10)8(11-4)9(3)6-2/h5-6H2,1-4H3. The molecule has 0 aromatic carbocycles. The van der Waals surface area contributed by atoms with Gasteiger partial charge in [-0.15, -0.1) is 0 Å². The Morgan fingerprint density at radius 1 is 1.45 bits per heavy atom. The maximum absolute atomic E-state index is 11.3. The van der Waals surface area contributed by atoms with Crippen molar-refractivity contribution in [3.8, 4) is 0 Å². The largest absolute Gasteiger partial charge is 0.293 e. The van der Waals surface area contributed by atoms with Crippen molar-refractivity contribution in [2.24, 2.45) is 0 Å². The molecule has 0 saturated heterocycles. The first-order chi connectivity index (χ1) is 5.17. The SMILES string of the molecule is CCC(=O)C(=PC)N(C)CC. The van der Waals surface area contributed by atoms with E-state index in [1.54, 1.807) is 0 Å². The first-order valence-corrected chi connectivity index (χ1v) is 5.22. The predicted molar refractivity (Wildman–Crippen MR) is 51.5 cm³/mol. The highest BCUT2D eigenvalue weighted by molar-refractivity contribution is 7.42. The molecule has 3 heteroatoms. The van der Waals surface area contributed by atoms with Crippen LogP contribution in [0.4, 0.5) is 0 Å². The van der Waals surface area contributed by atoms with E-state index in [-0.39, 0.29) is 5.78 Å². The van der Waals surface area contributed by atoms with Crippen molar-refractivity contribution < 1.29 is 4.79 Å². The molecule has 0 atom stereocenters. The van der Waals surface area contributed by atoms with Gasteiger partial charge in [-0.05, 0) is 13.7 Å². The average molecular weight is 173 g/mol. The van der Waals surface area contributed by atoms with E-state index in [0.717, 1.165) is 20.2 Å². The van der Waals surface area contributed by atoms with Gasteiger partial charge in [-0.1, -0.05) is 22.1 Å². The highest BCUT2D eigenvalue weighted by Crippen LogP contribution is 2.01. The lowest BCUT2D eigenvalue weighted by Gasteiger charge is -2.15. The number of hydrogen-bond donors (Lipinski definition) is 0. The highest BCUT2D eigenvalue weighted by Gasteiger charge is 2.09. The fraction of sp³-hybridized carbons (Fsp3) is 0.750. The smallest absolute Gasteiger partial charge is 0.177 e. The average Bonchev–Trinajstić information content (AvgIpc) is 2.05. The molecule has 0 fully saturated rings. The Hall–Kier alpha value is -0.200. The zero-order valence-corrected chi connectivity index (χ0v) is 8.61. The molecule has 2 nitrogen and oxygen atoms in total. The van der Waals surface area contributed by atoms with E-state index >= 15 is 0 Å². The second-order valence-corrected chi connectivity index (χ2v) is 3.21. The van der Waals surface area contributed by atoms with Crippen LogP contribution in [0.3, 0.4) is 0 Å². The lowest BCUT2D eigenvalue weighted by molar-refractivity contribution is -0.113. The Labute approximate surface area is 70.4 Å². The van der Waals surface area contributed by atoms with Gasteiger partial charge in [0.15, 0.2) is 5.78 Å². The van der Waals surface area contributed by atoms with Gasteiger partial charge < -0.3 is 0 Å². The molecule has 0 rings (SSSR count). The van der Waals surface area contributed by atoms with Crippen LogP contribution in [0, 0.1) is 0 Å². The summed E-state index contributed by atoms with van der Waals surface area (Å²) in [5.41, 5.74) is 0.926. The summed E-state index contributed by atoms with van der Waals surface area (Å²) in [7, 11) is 3.03. The monoisotopic (exact) mass is 173 g/mol. The van der Waals surface area contributed by atoms with Gasteiger partial charge in [0, 0.05) is 13.0 Å². The third-order valence-electron chi connectivity index (χ3n) is 1.62. The van der Waals surface area contributed by atoms with Gasteiger partial charge >= 0.3 is 0 Å². The number of nitrogens with zero attached hydrogens (tertiary/aromatic N) is 1. The summed E-state index contributed by atoms with van der Waals surface area (Å²) in [6.07, 6.45) is 0.612. The molecule has 0 aliphatic heterocycles. The van der Waals surface area contributed by atoms with Crippen LogP contribution < -0.4 is 0 Å². The van der Waals surface area contributed by atoms with Crippen molar-refractivity contribution in [2.75, 3.05) is 20.3 Å². The van der Waals surface area contributed by atoms with Crippen LogP contribution in [0.2, 0.25) is 0 Å². The third-order valence-corrected chi connectivity index (χ3v) is 2.63. The van der Waals surface area contributed by atoms with Crippen molar-refractivity contribution in [1.82, 2.24) is 4.90 Å². The second kappa shape index (κ2) is 5.45. The molecule has 0 spiro atoms. The summed E-state index contributed by atoms with van der Waals surface area (Å²) in [5, 5.41) is 0. The van der Waals surface area contributed by atoms with Crippen molar-refractivity contribution in [3.05, 3.63) is 0 Å². The summed E-state index contributed by atoms with van der Waals surface area (Å²) in [6.45, 7) is 6.85. The van der Waals surface area contributed by atoms with Crippen LogP contribution in [-0.2, 0) is 4.79 Å². The molecule has 11 heavy (non-hydrogen) atoms. The Kier molecular flexibility index (Phi) is 5.35. The molecule has 0 bridgehead atoms. The minimum Gasteiger partial charge on any atom is -0.293 e. The van der Waals surface area contributed by atoms with Gasteiger partial charge in [-0.3, -0.25) is 9.69 Å². The van der Waals surface area contributed by atoms with Gasteiger partial charge in [0.25, 0.3) is 0 Å². The summed E-state index contributed by atoms with van der Waals surface area (Å²) >= 11 is 0. The molecule has 0 aliphatic rings. The van der Waals surface area contributed by atoms with E-state index in [1.807, 2.05) is 32.5 Å². The minimum absolute atomic E-state index is 0.263. The van der Waals surface area contributed by atoms with Gasteiger partial charge in [-0.25, -0.2) is 0 Å². The number of hydrogen-bond acceptors (Lipinski definition) is 1. The topological polar surface area (TPSA) is 20.3 Å². The molecule has 0 amide bonds. The maximum atomic E-state index is 11.3. The van der Waals surface area contributed by atoms with Crippen LogP contribution >= 0.6 is 8.20 Å². The molecular formula is C8H16NOP. The Bertz CT molecular complexity index is 165. The zero-order valence-electron chi connectivity index (χ0n) is 7.72. The number of likely N-dealkylation sites (N-methyl/N-ethyl adjacent to an activating group) is 1. The Balaban J connectivity index is 4.30. The number of carbonyl (C=O) groups excluding carboxylic acids is 1. The van der Waals surface area contributed by atoms with E-state index in [1.165, 1.54) is 0 Å². The molecule has 0 heterocycles. The van der Waals surface area contributed by atoms with Gasteiger partial charge in [-0.2, -0.15) is 0 Å². The van der Waals surface area contributed by atoms with Gasteiger partial charge in [0.2, 0.25) is 0 Å². The quantitative estimate of drug-likeness (QED) is 0.602. The Morgan fingerprint density at radius 2 is 2.00 bits per heavy atom. The van der Waals surface area contributed by atoms with Gasteiger partial charge in [0.1, 0.15) is 0 Å². The maximum Gasteiger partial charge on any atom is 0.177 e. The van der Waals surface area contributed by atoms with Crippen LogP contribution in [-0.4, -0.2) is 36.4 Å². The van der Waals surface area contributed by atoms with Crippen molar-refractivity contribution >= 4 is 19.4 Å². The number of Topliss-reactive ketones (excluding diaryl/α,β-unsaturated/α-hetero) is 1. The Morgan fingerprint density at radius 3 is 2.27 bits per heavy atom. The molecule has 0 aromatic heterocycles. The van der Waals surface area contributed by atoms with E-state index in [4.69, 9.17) is 0 Å². The fourth-order valence-corrected chi connectivity index (χ4v) is 1.71. The molecule has 64 valence electrons. The van der Waals surface area contributed by atoms with E-state index in [0.29, 0.717) is 6.42 Å². The molecule has 0 unspecified atom stereocenters. The normalized spacial score (nSPS) is 12.3. The summed E-state index contributed by atoms with van der Waals surface area (Å²) < 4.78 is 0. The van der Waals surface area contributed by atoms with Crippen LogP contribution in [0.5, 0.6) is 0 Å². The minimum atomic E-state index is 0.263. The molecule has 0 aromatic rings. The van der Waals surface area contributed by atoms with E-state index in [9.17, 15) is 4.79 Å². The van der Waals surface area contributed by atoms with E-state index in [2.05, 4.69) is 0 Å². The molecular weight excluding hydrogens is 157 g/mol. The summed E-state index contributed by atoms with van der Waals surface area (Å²) in [5.74, 6) is 0.263. The van der Waals surface area contributed by atoms with Crippen LogP contribution in [0.25, 0.3) is 0 Å². The lowest BCUT2D eigenvalue weighted by atomic mass is 10.3. The lowest BCUT2D eigenvalue weighted by Crippen LogP contribution is -2.31. The van der Waals surface area contributed by atoms with Crippen LogP contribution in [0.1, 0.15) is 20.3 Å². The molecule has 0 aliphatic carbocycles. The van der Waals surface area contributed by atoms with Crippen LogP contribution in [0.15, 0.2) is 0 Å². The predicted octanol–water partition coefficient (Wildman–Crippen LogP) is 1.62. The number of carbonyl (C=O) groups is 1. The summed E-state index contributed by atoms with van der Waals surface area (Å²) in [6, 6.07) is 0.